The number of imidazole rings is 1. The lowest BCUT2D eigenvalue weighted by Gasteiger charge is -2.12. The number of fused-ring (bicyclic) bond motifs is 1. The van der Waals surface area contributed by atoms with Crippen molar-refractivity contribution >= 4 is 28.5 Å². The predicted octanol–water partition coefficient (Wildman–Crippen LogP) is 1.79. The summed E-state index contributed by atoms with van der Waals surface area (Å²) in [4.78, 5) is 17.5. The van der Waals surface area contributed by atoms with E-state index >= 15 is 0 Å². The van der Waals surface area contributed by atoms with Crippen LogP contribution < -0.4 is 4.74 Å². The van der Waals surface area contributed by atoms with Crippen LogP contribution in [0.25, 0.3) is 11.0 Å². The standard InChI is InChI=1S/C12H14ClN3O2/c1-15(2)11(17)7-16-10-6-8(18-3)4-5-9(10)14-12(16)13/h4-6H,7H2,1-3H3. The lowest BCUT2D eigenvalue weighted by atomic mass is 10.3. The normalized spacial score (nSPS) is 10.7. The number of methoxy groups -OCH3 is 1. The highest BCUT2D eigenvalue weighted by Gasteiger charge is 2.13. The molecule has 0 aliphatic heterocycles. The Kier molecular flexibility index (Phi) is 3.43. The van der Waals surface area contributed by atoms with Crippen LogP contribution in [0, 0.1) is 0 Å². The summed E-state index contributed by atoms with van der Waals surface area (Å²) in [6.07, 6.45) is 0. The molecule has 1 amide bonds. The van der Waals surface area contributed by atoms with Crippen molar-refractivity contribution in [3.8, 4) is 5.75 Å². The molecule has 1 aromatic carbocycles. The van der Waals surface area contributed by atoms with E-state index in [1.165, 1.54) is 4.90 Å². The highest BCUT2D eigenvalue weighted by molar-refractivity contribution is 6.29. The van der Waals surface area contributed by atoms with Crippen LogP contribution in [0.3, 0.4) is 0 Å². The first-order chi connectivity index (χ1) is 8.52. The van der Waals surface area contributed by atoms with Gasteiger partial charge in [0.1, 0.15) is 12.3 Å². The Morgan fingerprint density at radius 3 is 2.83 bits per heavy atom. The molecule has 0 spiro atoms. The Morgan fingerprint density at radius 2 is 2.22 bits per heavy atom. The summed E-state index contributed by atoms with van der Waals surface area (Å²) in [5.74, 6) is 0.664. The average molecular weight is 268 g/mol. The number of aromatic nitrogens is 2. The molecule has 0 bridgehead atoms. The SMILES string of the molecule is COc1ccc2nc(Cl)n(CC(=O)N(C)C)c2c1. The van der Waals surface area contributed by atoms with Gasteiger partial charge in [0.05, 0.1) is 18.1 Å². The minimum Gasteiger partial charge on any atom is -0.497 e. The second-order valence-electron chi connectivity index (χ2n) is 4.11. The summed E-state index contributed by atoms with van der Waals surface area (Å²) in [6, 6.07) is 5.44. The number of carbonyl (C=O) groups excluding carboxylic acids is 1. The van der Waals surface area contributed by atoms with Crippen LogP contribution in [-0.2, 0) is 11.3 Å². The zero-order chi connectivity index (χ0) is 13.3. The third kappa shape index (κ3) is 2.26. The van der Waals surface area contributed by atoms with E-state index in [0.29, 0.717) is 11.0 Å². The molecular weight excluding hydrogens is 254 g/mol. The maximum absolute atomic E-state index is 11.7. The van der Waals surface area contributed by atoms with Gasteiger partial charge in [-0.25, -0.2) is 4.98 Å². The van der Waals surface area contributed by atoms with Crippen LogP contribution in [-0.4, -0.2) is 41.6 Å². The average Bonchev–Trinajstić information content (AvgIpc) is 2.65. The van der Waals surface area contributed by atoms with Gasteiger partial charge in [0.25, 0.3) is 0 Å². The van der Waals surface area contributed by atoms with Crippen molar-refractivity contribution in [1.29, 1.82) is 0 Å². The van der Waals surface area contributed by atoms with Gasteiger partial charge in [0.2, 0.25) is 11.2 Å². The smallest absolute Gasteiger partial charge is 0.242 e. The fourth-order valence-electron chi connectivity index (χ4n) is 1.63. The van der Waals surface area contributed by atoms with Crippen LogP contribution in [0.2, 0.25) is 5.28 Å². The van der Waals surface area contributed by atoms with Gasteiger partial charge in [-0.05, 0) is 23.7 Å². The highest BCUT2D eigenvalue weighted by Crippen LogP contribution is 2.24. The van der Waals surface area contributed by atoms with Crippen molar-refractivity contribution in [3.63, 3.8) is 0 Å². The second-order valence-corrected chi connectivity index (χ2v) is 4.45. The Morgan fingerprint density at radius 1 is 1.50 bits per heavy atom. The molecule has 0 aliphatic carbocycles. The maximum Gasteiger partial charge on any atom is 0.242 e. The molecule has 0 saturated heterocycles. The number of hydrogen-bond acceptors (Lipinski definition) is 3. The first kappa shape index (κ1) is 12.7. The topological polar surface area (TPSA) is 47.4 Å². The molecule has 0 saturated carbocycles. The summed E-state index contributed by atoms with van der Waals surface area (Å²) in [7, 11) is 5.00. The number of nitrogens with zero attached hydrogens (tertiary/aromatic N) is 3. The van der Waals surface area contributed by atoms with Crippen molar-refractivity contribution in [2.24, 2.45) is 0 Å². The Labute approximate surface area is 110 Å². The van der Waals surface area contributed by atoms with E-state index in [2.05, 4.69) is 4.98 Å². The molecule has 0 aliphatic rings. The van der Waals surface area contributed by atoms with Crippen molar-refractivity contribution in [2.45, 2.75) is 6.54 Å². The monoisotopic (exact) mass is 267 g/mol. The Balaban J connectivity index is 2.48. The summed E-state index contributed by atoms with van der Waals surface area (Å²) in [6.45, 7) is 0.162. The fourth-order valence-corrected chi connectivity index (χ4v) is 1.87. The maximum atomic E-state index is 11.7. The molecule has 0 fully saturated rings. The van der Waals surface area contributed by atoms with Gasteiger partial charge >= 0.3 is 0 Å². The third-order valence-corrected chi connectivity index (χ3v) is 2.99. The predicted molar refractivity (Wildman–Crippen MR) is 70.0 cm³/mol. The van der Waals surface area contributed by atoms with E-state index in [1.807, 2.05) is 18.2 Å². The molecule has 0 unspecified atom stereocenters. The van der Waals surface area contributed by atoms with E-state index < -0.39 is 0 Å². The molecule has 1 heterocycles. The van der Waals surface area contributed by atoms with Crippen LogP contribution in [0.15, 0.2) is 18.2 Å². The van der Waals surface area contributed by atoms with Crippen LogP contribution in [0.1, 0.15) is 0 Å². The molecule has 0 atom stereocenters. The van der Waals surface area contributed by atoms with Gasteiger partial charge in [-0.1, -0.05) is 0 Å². The fraction of sp³-hybridized carbons (Fsp3) is 0.333. The lowest BCUT2D eigenvalue weighted by Crippen LogP contribution is -2.26. The van der Waals surface area contributed by atoms with Gasteiger partial charge in [0, 0.05) is 20.2 Å². The minimum absolute atomic E-state index is 0.0426. The first-order valence-corrected chi connectivity index (χ1v) is 5.80. The molecule has 6 heteroatoms. The zero-order valence-electron chi connectivity index (χ0n) is 10.5. The van der Waals surface area contributed by atoms with E-state index in [4.69, 9.17) is 16.3 Å². The number of likely N-dealkylation sites (N-methyl/N-ethyl adjacent to an activating group) is 1. The molecule has 1 aromatic heterocycles. The van der Waals surface area contributed by atoms with Gasteiger partial charge in [-0.3, -0.25) is 4.79 Å². The van der Waals surface area contributed by atoms with Crippen LogP contribution in [0.4, 0.5) is 0 Å². The number of carbonyl (C=O) groups is 1. The number of benzene rings is 1. The number of hydrogen-bond donors (Lipinski definition) is 0. The number of halogens is 1. The summed E-state index contributed by atoms with van der Waals surface area (Å²) >= 11 is 6.05. The summed E-state index contributed by atoms with van der Waals surface area (Å²) < 4.78 is 6.83. The van der Waals surface area contributed by atoms with E-state index in [-0.39, 0.29) is 12.5 Å². The Bertz CT molecular complexity index is 592. The zero-order valence-corrected chi connectivity index (χ0v) is 11.2. The first-order valence-electron chi connectivity index (χ1n) is 5.43. The van der Waals surface area contributed by atoms with Gasteiger partial charge in [-0.15, -0.1) is 0 Å². The lowest BCUT2D eigenvalue weighted by molar-refractivity contribution is -0.129. The van der Waals surface area contributed by atoms with Gasteiger partial charge < -0.3 is 14.2 Å². The molecule has 18 heavy (non-hydrogen) atoms. The molecule has 2 rings (SSSR count). The number of rotatable bonds is 3. The van der Waals surface area contributed by atoms with Crippen molar-refractivity contribution in [2.75, 3.05) is 21.2 Å². The quantitative estimate of drug-likeness (QED) is 0.852. The largest absolute Gasteiger partial charge is 0.497 e. The van der Waals surface area contributed by atoms with Gasteiger partial charge in [-0.2, -0.15) is 0 Å². The number of amides is 1. The molecular formula is C12H14ClN3O2. The molecule has 2 aromatic rings. The molecule has 5 nitrogen and oxygen atoms in total. The molecule has 0 radical (unpaired) electrons. The second kappa shape index (κ2) is 4.86. The van der Waals surface area contributed by atoms with Crippen molar-refractivity contribution in [3.05, 3.63) is 23.5 Å². The van der Waals surface area contributed by atoms with Crippen LogP contribution in [0.5, 0.6) is 5.75 Å². The van der Waals surface area contributed by atoms with E-state index in [9.17, 15) is 4.79 Å². The van der Waals surface area contributed by atoms with E-state index in [1.54, 1.807) is 25.8 Å². The van der Waals surface area contributed by atoms with Crippen molar-refractivity contribution < 1.29 is 9.53 Å². The summed E-state index contributed by atoms with van der Waals surface area (Å²) in [5.41, 5.74) is 1.53. The van der Waals surface area contributed by atoms with Crippen molar-refractivity contribution in [1.82, 2.24) is 14.5 Å². The van der Waals surface area contributed by atoms with Gasteiger partial charge in [0.15, 0.2) is 0 Å². The molecule has 96 valence electrons. The number of ether oxygens (including phenoxy) is 1. The minimum atomic E-state index is -0.0426. The Hall–Kier alpha value is -1.75. The summed E-state index contributed by atoms with van der Waals surface area (Å²) in [5, 5.41) is 0.299. The third-order valence-electron chi connectivity index (χ3n) is 2.70. The molecule has 0 N–H and O–H groups in total. The highest BCUT2D eigenvalue weighted by atomic mass is 35.5. The van der Waals surface area contributed by atoms with Crippen LogP contribution >= 0.6 is 11.6 Å². The van der Waals surface area contributed by atoms with E-state index in [0.717, 1.165) is 11.0 Å².